The SMILES string of the molecule is CNc1ncnc(NC(C)CC(C)O)c1[N+](=O)[O-]. The number of nitrogens with zero attached hydrogens (tertiary/aromatic N) is 3. The molecule has 0 bridgehead atoms. The van der Waals surface area contributed by atoms with E-state index in [2.05, 4.69) is 20.6 Å². The molecule has 100 valence electrons. The lowest BCUT2D eigenvalue weighted by Crippen LogP contribution is -2.22. The molecule has 0 aliphatic heterocycles. The normalized spacial score (nSPS) is 13.8. The zero-order valence-corrected chi connectivity index (χ0v) is 10.5. The minimum Gasteiger partial charge on any atom is -0.393 e. The molecule has 0 fully saturated rings. The molecular weight excluding hydrogens is 238 g/mol. The van der Waals surface area contributed by atoms with E-state index in [1.165, 1.54) is 6.33 Å². The third kappa shape index (κ3) is 3.52. The standard InChI is InChI=1S/C10H17N5O3/c1-6(4-7(2)16)14-10-8(15(17)18)9(11-3)12-5-13-10/h5-7,16H,4H2,1-3H3,(H2,11,12,13,14). The van der Waals surface area contributed by atoms with Crippen LogP contribution in [0.5, 0.6) is 0 Å². The Balaban J connectivity index is 2.98. The van der Waals surface area contributed by atoms with Crippen LogP contribution in [-0.4, -0.2) is 39.2 Å². The van der Waals surface area contributed by atoms with E-state index < -0.39 is 11.0 Å². The minimum absolute atomic E-state index is 0.136. The summed E-state index contributed by atoms with van der Waals surface area (Å²) in [5.41, 5.74) is -0.197. The summed E-state index contributed by atoms with van der Waals surface area (Å²) < 4.78 is 0. The molecule has 0 saturated heterocycles. The molecule has 8 nitrogen and oxygen atoms in total. The monoisotopic (exact) mass is 255 g/mol. The van der Waals surface area contributed by atoms with E-state index in [1.54, 1.807) is 14.0 Å². The summed E-state index contributed by atoms with van der Waals surface area (Å²) in [6.45, 7) is 3.48. The fourth-order valence-electron chi connectivity index (χ4n) is 1.64. The summed E-state index contributed by atoms with van der Waals surface area (Å²) in [5.74, 6) is 0.300. The Hall–Kier alpha value is -1.96. The Morgan fingerprint density at radius 1 is 1.44 bits per heavy atom. The summed E-state index contributed by atoms with van der Waals surface area (Å²) in [4.78, 5) is 18.1. The molecule has 0 amide bonds. The van der Waals surface area contributed by atoms with Gasteiger partial charge in [0.15, 0.2) is 0 Å². The Bertz CT molecular complexity index is 424. The zero-order chi connectivity index (χ0) is 13.7. The third-order valence-corrected chi connectivity index (χ3v) is 2.32. The Labute approximate surface area is 105 Å². The van der Waals surface area contributed by atoms with Gasteiger partial charge in [-0.1, -0.05) is 0 Å². The van der Waals surface area contributed by atoms with Crippen LogP contribution in [-0.2, 0) is 0 Å². The van der Waals surface area contributed by atoms with Gasteiger partial charge in [0.2, 0.25) is 11.6 Å². The molecule has 1 rings (SSSR count). The van der Waals surface area contributed by atoms with E-state index in [1.807, 2.05) is 6.92 Å². The zero-order valence-electron chi connectivity index (χ0n) is 10.5. The molecule has 0 aliphatic carbocycles. The molecule has 0 aromatic carbocycles. The van der Waals surface area contributed by atoms with Crippen molar-refractivity contribution < 1.29 is 10.0 Å². The van der Waals surface area contributed by atoms with Crippen LogP contribution in [0.3, 0.4) is 0 Å². The van der Waals surface area contributed by atoms with Crippen molar-refractivity contribution in [2.75, 3.05) is 17.7 Å². The highest BCUT2D eigenvalue weighted by Gasteiger charge is 2.23. The van der Waals surface area contributed by atoms with Crippen molar-refractivity contribution in [2.45, 2.75) is 32.4 Å². The van der Waals surface area contributed by atoms with Crippen LogP contribution in [0.25, 0.3) is 0 Å². The molecular formula is C10H17N5O3. The van der Waals surface area contributed by atoms with Crippen molar-refractivity contribution in [1.82, 2.24) is 9.97 Å². The molecule has 1 heterocycles. The predicted molar refractivity (Wildman–Crippen MR) is 67.6 cm³/mol. The summed E-state index contributed by atoms with van der Waals surface area (Å²) in [5, 5.41) is 25.8. The van der Waals surface area contributed by atoms with Crippen LogP contribution in [0.15, 0.2) is 6.33 Å². The Morgan fingerprint density at radius 2 is 2.06 bits per heavy atom. The first-order chi connectivity index (χ1) is 8.45. The highest BCUT2D eigenvalue weighted by Crippen LogP contribution is 2.29. The summed E-state index contributed by atoms with van der Waals surface area (Å²) in [6.07, 6.45) is 1.23. The lowest BCUT2D eigenvalue weighted by Gasteiger charge is -2.16. The van der Waals surface area contributed by atoms with Gasteiger partial charge in [-0.25, -0.2) is 9.97 Å². The van der Waals surface area contributed by atoms with E-state index in [0.29, 0.717) is 6.42 Å². The van der Waals surface area contributed by atoms with E-state index in [9.17, 15) is 15.2 Å². The number of hydrogen-bond acceptors (Lipinski definition) is 7. The van der Waals surface area contributed by atoms with Crippen molar-refractivity contribution >= 4 is 17.3 Å². The van der Waals surface area contributed by atoms with Crippen molar-refractivity contribution in [3.8, 4) is 0 Å². The Kier molecular flexibility index (Phi) is 4.78. The second-order valence-electron chi connectivity index (χ2n) is 4.06. The van der Waals surface area contributed by atoms with E-state index in [4.69, 9.17) is 0 Å². The fourth-order valence-corrected chi connectivity index (χ4v) is 1.64. The molecule has 2 atom stereocenters. The second kappa shape index (κ2) is 6.10. The van der Waals surface area contributed by atoms with Gasteiger partial charge in [-0.2, -0.15) is 0 Å². The number of aromatic nitrogens is 2. The van der Waals surface area contributed by atoms with Crippen LogP contribution in [0.1, 0.15) is 20.3 Å². The van der Waals surface area contributed by atoms with Gasteiger partial charge >= 0.3 is 5.69 Å². The smallest absolute Gasteiger partial charge is 0.353 e. The molecule has 3 N–H and O–H groups in total. The van der Waals surface area contributed by atoms with Crippen LogP contribution in [0.4, 0.5) is 17.3 Å². The van der Waals surface area contributed by atoms with Gasteiger partial charge in [0, 0.05) is 13.1 Å². The maximum absolute atomic E-state index is 11.0. The van der Waals surface area contributed by atoms with Crippen molar-refractivity contribution in [3.05, 3.63) is 16.4 Å². The molecule has 8 heteroatoms. The maximum atomic E-state index is 11.0. The first-order valence-electron chi connectivity index (χ1n) is 5.57. The first kappa shape index (κ1) is 14.1. The average Bonchev–Trinajstić information content (AvgIpc) is 2.26. The molecule has 0 radical (unpaired) electrons. The van der Waals surface area contributed by atoms with Crippen molar-refractivity contribution in [3.63, 3.8) is 0 Å². The number of hydrogen-bond donors (Lipinski definition) is 3. The van der Waals surface area contributed by atoms with Crippen LogP contribution in [0, 0.1) is 10.1 Å². The molecule has 0 spiro atoms. The number of anilines is 2. The van der Waals surface area contributed by atoms with E-state index in [0.717, 1.165) is 0 Å². The van der Waals surface area contributed by atoms with Gasteiger partial charge in [-0.3, -0.25) is 10.1 Å². The number of aliphatic hydroxyl groups excluding tert-OH is 1. The predicted octanol–water partition coefficient (Wildman–Crippen LogP) is 0.998. The fraction of sp³-hybridized carbons (Fsp3) is 0.600. The number of aliphatic hydroxyl groups is 1. The molecule has 0 aliphatic rings. The Morgan fingerprint density at radius 3 is 2.56 bits per heavy atom. The molecule has 2 unspecified atom stereocenters. The number of rotatable bonds is 6. The molecule has 1 aromatic heterocycles. The van der Waals surface area contributed by atoms with Gasteiger partial charge < -0.3 is 15.7 Å². The van der Waals surface area contributed by atoms with Crippen LogP contribution < -0.4 is 10.6 Å². The molecule has 0 saturated carbocycles. The van der Waals surface area contributed by atoms with Gasteiger partial charge in [-0.05, 0) is 20.3 Å². The van der Waals surface area contributed by atoms with Gasteiger partial charge in [0.1, 0.15) is 6.33 Å². The first-order valence-corrected chi connectivity index (χ1v) is 5.57. The highest BCUT2D eigenvalue weighted by atomic mass is 16.6. The lowest BCUT2D eigenvalue weighted by molar-refractivity contribution is -0.383. The second-order valence-corrected chi connectivity index (χ2v) is 4.06. The minimum atomic E-state index is -0.538. The largest absolute Gasteiger partial charge is 0.393 e. The van der Waals surface area contributed by atoms with Gasteiger partial charge in [0.25, 0.3) is 0 Å². The third-order valence-electron chi connectivity index (χ3n) is 2.32. The van der Waals surface area contributed by atoms with Crippen molar-refractivity contribution in [1.29, 1.82) is 0 Å². The maximum Gasteiger partial charge on any atom is 0.353 e. The van der Waals surface area contributed by atoms with Gasteiger partial charge in [0.05, 0.1) is 11.0 Å². The summed E-state index contributed by atoms with van der Waals surface area (Å²) >= 11 is 0. The molecule has 18 heavy (non-hydrogen) atoms. The summed E-state index contributed by atoms with van der Waals surface area (Å²) in [6, 6.07) is -0.136. The van der Waals surface area contributed by atoms with E-state index in [-0.39, 0.29) is 23.4 Å². The number of nitrogens with one attached hydrogen (secondary N) is 2. The van der Waals surface area contributed by atoms with Crippen LogP contribution in [0.2, 0.25) is 0 Å². The van der Waals surface area contributed by atoms with E-state index >= 15 is 0 Å². The van der Waals surface area contributed by atoms with Gasteiger partial charge in [-0.15, -0.1) is 0 Å². The topological polar surface area (TPSA) is 113 Å². The van der Waals surface area contributed by atoms with Crippen LogP contribution >= 0.6 is 0 Å². The van der Waals surface area contributed by atoms with Crippen molar-refractivity contribution in [2.24, 2.45) is 0 Å². The average molecular weight is 255 g/mol. The highest BCUT2D eigenvalue weighted by molar-refractivity contribution is 5.69. The quantitative estimate of drug-likeness (QED) is 0.513. The lowest BCUT2D eigenvalue weighted by atomic mass is 10.1. The molecule has 1 aromatic rings. The number of nitro groups is 1. The summed E-state index contributed by atoms with van der Waals surface area (Å²) in [7, 11) is 1.55.